The van der Waals surface area contributed by atoms with Crippen molar-refractivity contribution in [1.82, 2.24) is 14.8 Å². The van der Waals surface area contributed by atoms with Gasteiger partial charge in [-0.3, -0.25) is 4.79 Å². The van der Waals surface area contributed by atoms with E-state index in [9.17, 15) is 4.79 Å². The molecule has 0 bridgehead atoms. The predicted molar refractivity (Wildman–Crippen MR) is 95.5 cm³/mol. The van der Waals surface area contributed by atoms with E-state index < -0.39 is 0 Å². The van der Waals surface area contributed by atoms with Gasteiger partial charge in [0.05, 0.1) is 16.9 Å². The number of pyridine rings is 1. The maximum atomic E-state index is 11.5. The van der Waals surface area contributed by atoms with E-state index in [1.807, 2.05) is 67.6 Å². The minimum atomic E-state index is 0.269. The van der Waals surface area contributed by atoms with Gasteiger partial charge in [0, 0.05) is 5.39 Å². The van der Waals surface area contributed by atoms with Crippen LogP contribution in [0.2, 0.25) is 0 Å². The summed E-state index contributed by atoms with van der Waals surface area (Å²) in [7, 11) is 0. The first-order valence-corrected chi connectivity index (χ1v) is 7.90. The van der Waals surface area contributed by atoms with Crippen molar-refractivity contribution in [1.29, 1.82) is 0 Å². The number of hydrogen-bond acceptors (Lipinski definition) is 4. The van der Waals surface area contributed by atoms with Crippen molar-refractivity contribution in [2.45, 2.75) is 6.92 Å². The van der Waals surface area contributed by atoms with E-state index in [1.54, 1.807) is 10.7 Å². The van der Waals surface area contributed by atoms with E-state index in [0.29, 0.717) is 17.0 Å². The minimum absolute atomic E-state index is 0.269. The summed E-state index contributed by atoms with van der Waals surface area (Å²) in [5.41, 5.74) is 2.76. The van der Waals surface area contributed by atoms with Crippen molar-refractivity contribution in [2.24, 2.45) is 0 Å². The fourth-order valence-corrected chi connectivity index (χ4v) is 2.70. The number of benzene rings is 2. The van der Waals surface area contributed by atoms with E-state index in [-0.39, 0.29) is 5.88 Å². The molecule has 0 spiro atoms. The molecule has 0 atom stereocenters. The van der Waals surface area contributed by atoms with E-state index >= 15 is 0 Å². The number of nitrogens with zero attached hydrogens (tertiary/aromatic N) is 3. The highest BCUT2D eigenvalue weighted by Gasteiger charge is 2.16. The Labute approximate surface area is 144 Å². The Morgan fingerprint density at radius 3 is 2.36 bits per heavy atom. The van der Waals surface area contributed by atoms with Crippen molar-refractivity contribution >= 4 is 17.3 Å². The van der Waals surface area contributed by atoms with Gasteiger partial charge in [0.1, 0.15) is 5.75 Å². The van der Waals surface area contributed by atoms with Gasteiger partial charge in [-0.1, -0.05) is 36.4 Å². The molecule has 0 aliphatic rings. The molecule has 0 aliphatic carbocycles. The maximum Gasteiger partial charge on any atom is 0.231 e. The van der Waals surface area contributed by atoms with Crippen molar-refractivity contribution in [2.75, 3.05) is 0 Å². The zero-order valence-corrected chi connectivity index (χ0v) is 13.6. The standard InChI is InChI=1S/C20H15N3O2/c1-14-18-12-15(13-24)20(25-17-10-6-3-7-11-17)21-19(18)23(22-14)16-8-4-2-5-9-16/h2-13H,1H3. The summed E-state index contributed by atoms with van der Waals surface area (Å²) < 4.78 is 7.59. The van der Waals surface area contributed by atoms with Crippen LogP contribution in [0.1, 0.15) is 16.1 Å². The Kier molecular flexibility index (Phi) is 3.74. The largest absolute Gasteiger partial charge is 0.438 e. The van der Waals surface area contributed by atoms with Crippen LogP contribution in [0.25, 0.3) is 16.7 Å². The van der Waals surface area contributed by atoms with Crippen LogP contribution in [-0.2, 0) is 0 Å². The summed E-state index contributed by atoms with van der Waals surface area (Å²) in [6.45, 7) is 1.90. The molecular weight excluding hydrogens is 314 g/mol. The highest BCUT2D eigenvalue weighted by Crippen LogP contribution is 2.28. The quantitative estimate of drug-likeness (QED) is 0.523. The van der Waals surface area contributed by atoms with E-state index in [0.717, 1.165) is 23.1 Å². The first kappa shape index (κ1) is 15.1. The zero-order chi connectivity index (χ0) is 17.2. The second kappa shape index (κ2) is 6.20. The number of carbonyl (C=O) groups excluding carboxylic acids is 1. The van der Waals surface area contributed by atoms with Crippen LogP contribution in [0.15, 0.2) is 66.7 Å². The molecule has 4 rings (SSSR count). The molecule has 2 heterocycles. The minimum Gasteiger partial charge on any atom is -0.438 e. The Hall–Kier alpha value is -3.47. The lowest BCUT2D eigenvalue weighted by Gasteiger charge is -2.08. The van der Waals surface area contributed by atoms with Gasteiger partial charge in [-0.25, -0.2) is 4.68 Å². The first-order valence-electron chi connectivity index (χ1n) is 7.90. The van der Waals surface area contributed by atoms with Crippen LogP contribution in [0.4, 0.5) is 0 Å². The molecule has 122 valence electrons. The van der Waals surface area contributed by atoms with Gasteiger partial charge in [0.15, 0.2) is 11.9 Å². The predicted octanol–water partition coefficient (Wildman–Crippen LogP) is 4.33. The van der Waals surface area contributed by atoms with Crippen molar-refractivity contribution in [3.8, 4) is 17.3 Å². The highest BCUT2D eigenvalue weighted by atomic mass is 16.5. The molecule has 2 aromatic heterocycles. The molecule has 0 aliphatic heterocycles. The molecule has 0 saturated carbocycles. The van der Waals surface area contributed by atoms with Gasteiger partial charge in [0.2, 0.25) is 5.88 Å². The second-order valence-corrected chi connectivity index (χ2v) is 5.62. The normalized spacial score (nSPS) is 10.8. The molecule has 0 amide bonds. The summed E-state index contributed by atoms with van der Waals surface area (Å²) in [6, 6.07) is 20.8. The average Bonchev–Trinajstić information content (AvgIpc) is 2.98. The fourth-order valence-electron chi connectivity index (χ4n) is 2.70. The Morgan fingerprint density at radius 2 is 1.68 bits per heavy atom. The van der Waals surface area contributed by atoms with Crippen molar-refractivity contribution < 1.29 is 9.53 Å². The van der Waals surface area contributed by atoms with Gasteiger partial charge < -0.3 is 4.74 Å². The first-order chi connectivity index (χ1) is 12.3. The average molecular weight is 329 g/mol. The zero-order valence-electron chi connectivity index (χ0n) is 13.6. The van der Waals surface area contributed by atoms with Crippen LogP contribution in [0, 0.1) is 6.92 Å². The van der Waals surface area contributed by atoms with Crippen LogP contribution >= 0.6 is 0 Å². The number of hydrogen-bond donors (Lipinski definition) is 0. The van der Waals surface area contributed by atoms with Crippen molar-refractivity contribution in [3.05, 3.63) is 78.0 Å². The number of aldehydes is 1. The Balaban J connectivity index is 1.90. The Morgan fingerprint density at radius 1 is 1.00 bits per heavy atom. The number of carbonyl (C=O) groups is 1. The van der Waals surface area contributed by atoms with Gasteiger partial charge in [-0.2, -0.15) is 10.1 Å². The molecule has 5 nitrogen and oxygen atoms in total. The lowest BCUT2D eigenvalue weighted by molar-refractivity contribution is 0.112. The topological polar surface area (TPSA) is 57.0 Å². The third-order valence-electron chi connectivity index (χ3n) is 3.92. The number of ether oxygens (including phenoxy) is 1. The van der Waals surface area contributed by atoms with E-state index in [1.165, 1.54) is 0 Å². The third-order valence-corrected chi connectivity index (χ3v) is 3.92. The monoisotopic (exact) mass is 329 g/mol. The number of aryl methyl sites for hydroxylation is 1. The van der Waals surface area contributed by atoms with Gasteiger partial charge in [-0.05, 0) is 37.3 Å². The molecule has 0 saturated heterocycles. The van der Waals surface area contributed by atoms with E-state index in [4.69, 9.17) is 4.74 Å². The van der Waals surface area contributed by atoms with Crippen LogP contribution < -0.4 is 4.74 Å². The van der Waals surface area contributed by atoms with Crippen molar-refractivity contribution in [3.63, 3.8) is 0 Å². The molecular formula is C20H15N3O2. The molecule has 4 aromatic rings. The van der Waals surface area contributed by atoms with Crippen LogP contribution in [0.5, 0.6) is 11.6 Å². The highest BCUT2D eigenvalue weighted by molar-refractivity contribution is 5.89. The molecule has 0 unspecified atom stereocenters. The summed E-state index contributed by atoms with van der Waals surface area (Å²) in [5.74, 6) is 0.894. The summed E-state index contributed by atoms with van der Waals surface area (Å²) in [5, 5.41) is 5.39. The SMILES string of the molecule is Cc1nn(-c2ccccc2)c2nc(Oc3ccccc3)c(C=O)cc12. The summed E-state index contributed by atoms with van der Waals surface area (Å²) in [4.78, 5) is 16.1. The third kappa shape index (κ3) is 2.76. The number of fused-ring (bicyclic) bond motifs is 1. The van der Waals surface area contributed by atoms with Gasteiger partial charge in [-0.15, -0.1) is 0 Å². The van der Waals surface area contributed by atoms with Gasteiger partial charge in [0.25, 0.3) is 0 Å². The molecule has 2 aromatic carbocycles. The second-order valence-electron chi connectivity index (χ2n) is 5.62. The van der Waals surface area contributed by atoms with Gasteiger partial charge >= 0.3 is 0 Å². The molecule has 0 N–H and O–H groups in total. The van der Waals surface area contributed by atoms with Crippen LogP contribution in [0.3, 0.4) is 0 Å². The summed E-state index contributed by atoms with van der Waals surface area (Å²) >= 11 is 0. The Bertz CT molecular complexity index is 1040. The van der Waals surface area contributed by atoms with Crippen LogP contribution in [-0.4, -0.2) is 21.1 Å². The summed E-state index contributed by atoms with van der Waals surface area (Å²) in [6.07, 6.45) is 0.754. The molecule has 0 radical (unpaired) electrons. The lowest BCUT2D eigenvalue weighted by Crippen LogP contribution is -2.00. The van der Waals surface area contributed by atoms with E-state index in [2.05, 4.69) is 10.1 Å². The maximum absolute atomic E-state index is 11.5. The smallest absolute Gasteiger partial charge is 0.231 e. The lowest BCUT2D eigenvalue weighted by atomic mass is 10.2. The molecule has 5 heteroatoms. The molecule has 0 fully saturated rings. The fraction of sp³-hybridized carbons (Fsp3) is 0.0500. The number of para-hydroxylation sites is 2. The number of aromatic nitrogens is 3. The molecule has 25 heavy (non-hydrogen) atoms. The number of rotatable bonds is 4.